The smallest absolute Gasteiger partial charge is 0.417 e. The summed E-state index contributed by atoms with van der Waals surface area (Å²) in [5, 5.41) is 3.60. The second-order valence-corrected chi connectivity index (χ2v) is 4.44. The van der Waals surface area contributed by atoms with E-state index in [9.17, 15) is 13.2 Å². The zero-order chi connectivity index (χ0) is 16.0. The quantitative estimate of drug-likeness (QED) is 0.610. The van der Waals surface area contributed by atoms with Crippen LogP contribution in [0, 0.1) is 0 Å². The summed E-state index contributed by atoms with van der Waals surface area (Å²) in [4.78, 5) is 5.03. The van der Waals surface area contributed by atoms with Crippen molar-refractivity contribution in [1.29, 1.82) is 0 Å². The zero-order valence-electron chi connectivity index (χ0n) is 11.8. The van der Waals surface area contributed by atoms with Crippen molar-refractivity contribution in [3.05, 3.63) is 65.2 Å². The lowest BCUT2D eigenvalue weighted by Gasteiger charge is -2.09. The monoisotopic (exact) mass is 309 g/mol. The van der Waals surface area contributed by atoms with Crippen LogP contribution < -0.4 is 4.74 Å². The van der Waals surface area contributed by atoms with Gasteiger partial charge in [-0.1, -0.05) is 35.5 Å². The number of oxime groups is 1. The molecule has 2 aromatic carbocycles. The summed E-state index contributed by atoms with van der Waals surface area (Å²) in [6.45, 7) is 0.161. The van der Waals surface area contributed by atoms with Crippen LogP contribution in [0.25, 0.3) is 0 Å². The van der Waals surface area contributed by atoms with Crippen molar-refractivity contribution in [2.24, 2.45) is 5.16 Å². The van der Waals surface area contributed by atoms with Gasteiger partial charge in [-0.3, -0.25) is 0 Å². The highest BCUT2D eigenvalue weighted by Crippen LogP contribution is 2.31. The van der Waals surface area contributed by atoms with Gasteiger partial charge in [0.25, 0.3) is 0 Å². The van der Waals surface area contributed by atoms with E-state index in [2.05, 4.69) is 5.16 Å². The van der Waals surface area contributed by atoms with Crippen LogP contribution in [0.2, 0.25) is 0 Å². The summed E-state index contributed by atoms with van der Waals surface area (Å²) in [6, 6.07) is 12.3. The number of halogens is 3. The predicted molar refractivity (Wildman–Crippen MR) is 76.8 cm³/mol. The number of nitrogens with zero attached hydrogens (tertiary/aromatic N) is 1. The van der Waals surface area contributed by atoms with Crippen LogP contribution in [0.4, 0.5) is 13.2 Å². The fraction of sp³-hybridized carbons (Fsp3) is 0.188. The molecule has 0 aliphatic heterocycles. The van der Waals surface area contributed by atoms with Gasteiger partial charge in [-0.25, -0.2) is 0 Å². The molecule has 116 valence electrons. The van der Waals surface area contributed by atoms with Crippen molar-refractivity contribution in [2.75, 3.05) is 7.11 Å². The Bertz CT molecular complexity index is 637. The maximum absolute atomic E-state index is 12.8. The van der Waals surface area contributed by atoms with Crippen molar-refractivity contribution in [3.8, 4) is 5.75 Å². The lowest BCUT2D eigenvalue weighted by Crippen LogP contribution is -2.08. The zero-order valence-corrected chi connectivity index (χ0v) is 11.8. The maximum Gasteiger partial charge on any atom is 0.417 e. The van der Waals surface area contributed by atoms with E-state index in [1.807, 2.05) is 0 Å². The molecule has 2 rings (SSSR count). The van der Waals surface area contributed by atoms with Crippen LogP contribution in [0.5, 0.6) is 5.75 Å². The molecule has 0 heterocycles. The number of hydrogen-bond donors (Lipinski definition) is 0. The topological polar surface area (TPSA) is 30.8 Å². The van der Waals surface area contributed by atoms with E-state index in [4.69, 9.17) is 9.57 Å². The summed E-state index contributed by atoms with van der Waals surface area (Å²) in [5.41, 5.74) is 0.0542. The lowest BCUT2D eigenvalue weighted by molar-refractivity contribution is -0.137. The van der Waals surface area contributed by atoms with Crippen molar-refractivity contribution in [1.82, 2.24) is 0 Å². The Hall–Kier alpha value is -2.50. The molecule has 2 aromatic rings. The Morgan fingerprint density at radius 2 is 1.73 bits per heavy atom. The minimum Gasteiger partial charge on any atom is -0.497 e. The van der Waals surface area contributed by atoms with Crippen molar-refractivity contribution >= 4 is 6.21 Å². The molecule has 6 heteroatoms. The third-order valence-electron chi connectivity index (χ3n) is 2.92. The fourth-order valence-corrected chi connectivity index (χ4v) is 1.80. The Labute approximate surface area is 126 Å². The van der Waals surface area contributed by atoms with E-state index in [0.29, 0.717) is 5.75 Å². The van der Waals surface area contributed by atoms with Gasteiger partial charge < -0.3 is 9.57 Å². The maximum atomic E-state index is 12.8. The van der Waals surface area contributed by atoms with E-state index in [1.165, 1.54) is 18.2 Å². The third kappa shape index (κ3) is 4.25. The molecule has 0 unspecified atom stereocenters. The highest BCUT2D eigenvalue weighted by molar-refractivity contribution is 5.81. The van der Waals surface area contributed by atoms with Gasteiger partial charge in [-0.2, -0.15) is 13.2 Å². The molecule has 0 radical (unpaired) electrons. The summed E-state index contributed by atoms with van der Waals surface area (Å²) < 4.78 is 43.4. The first-order valence-electron chi connectivity index (χ1n) is 6.45. The molecular formula is C16H14F3NO2. The van der Waals surface area contributed by atoms with E-state index >= 15 is 0 Å². The molecule has 0 fully saturated rings. The molecule has 3 nitrogen and oxygen atoms in total. The Morgan fingerprint density at radius 1 is 1.05 bits per heavy atom. The molecule has 22 heavy (non-hydrogen) atoms. The Balaban J connectivity index is 1.98. The molecule has 0 spiro atoms. The van der Waals surface area contributed by atoms with Crippen LogP contribution >= 0.6 is 0 Å². The summed E-state index contributed by atoms with van der Waals surface area (Å²) in [6.07, 6.45) is -3.36. The lowest BCUT2D eigenvalue weighted by atomic mass is 10.1. The highest BCUT2D eigenvalue weighted by atomic mass is 19.4. The number of alkyl halides is 3. The molecule has 0 atom stereocenters. The second-order valence-electron chi connectivity index (χ2n) is 4.44. The van der Waals surface area contributed by atoms with Crippen LogP contribution in [0.3, 0.4) is 0 Å². The first kappa shape index (κ1) is 15.9. The van der Waals surface area contributed by atoms with Gasteiger partial charge in [0.2, 0.25) is 0 Å². The normalized spacial score (nSPS) is 11.6. The third-order valence-corrected chi connectivity index (χ3v) is 2.92. The molecule has 0 saturated carbocycles. The summed E-state index contributed by atoms with van der Waals surface area (Å²) in [5.74, 6) is 0.714. The molecule has 0 aromatic heterocycles. The number of methoxy groups -OCH3 is 1. The number of ether oxygens (including phenoxy) is 1. The highest BCUT2D eigenvalue weighted by Gasteiger charge is 2.32. The average Bonchev–Trinajstić information content (AvgIpc) is 2.51. The van der Waals surface area contributed by atoms with Gasteiger partial charge >= 0.3 is 6.18 Å². The SMILES string of the molecule is COc1ccc(CON=Cc2ccccc2C(F)(F)F)cc1. The fourth-order valence-electron chi connectivity index (χ4n) is 1.80. The van der Waals surface area contributed by atoms with Crippen LogP contribution in [0.15, 0.2) is 53.7 Å². The van der Waals surface area contributed by atoms with Crippen molar-refractivity contribution in [3.63, 3.8) is 0 Å². The van der Waals surface area contributed by atoms with Crippen molar-refractivity contribution in [2.45, 2.75) is 12.8 Å². The Morgan fingerprint density at radius 3 is 2.36 bits per heavy atom. The summed E-state index contributed by atoms with van der Waals surface area (Å²) in [7, 11) is 1.56. The van der Waals surface area contributed by atoms with Gasteiger partial charge in [-0.15, -0.1) is 0 Å². The van der Waals surface area contributed by atoms with Crippen molar-refractivity contribution < 1.29 is 22.7 Å². The van der Waals surface area contributed by atoms with Crippen LogP contribution in [-0.2, 0) is 17.6 Å². The van der Waals surface area contributed by atoms with Gasteiger partial charge in [0.05, 0.1) is 18.9 Å². The first-order valence-corrected chi connectivity index (χ1v) is 6.45. The van der Waals surface area contributed by atoms with Gasteiger partial charge in [0.15, 0.2) is 0 Å². The standard InChI is InChI=1S/C16H14F3NO2/c1-21-14-8-6-12(7-9-14)11-22-20-10-13-4-2-3-5-15(13)16(17,18)19/h2-10H,11H2,1H3. The molecule has 0 saturated heterocycles. The molecule has 0 bridgehead atoms. The second kappa shape index (κ2) is 6.98. The molecule has 0 aliphatic carbocycles. The van der Waals surface area contributed by atoms with Gasteiger partial charge in [0.1, 0.15) is 12.4 Å². The number of hydrogen-bond acceptors (Lipinski definition) is 3. The first-order chi connectivity index (χ1) is 10.5. The van der Waals surface area contributed by atoms with E-state index in [0.717, 1.165) is 17.8 Å². The largest absolute Gasteiger partial charge is 0.497 e. The predicted octanol–water partition coefficient (Wildman–Crippen LogP) is 4.26. The minimum absolute atomic E-state index is 0.0373. The summed E-state index contributed by atoms with van der Waals surface area (Å²) >= 11 is 0. The van der Waals surface area contributed by atoms with Gasteiger partial charge in [-0.05, 0) is 23.8 Å². The van der Waals surface area contributed by atoms with Crippen LogP contribution in [0.1, 0.15) is 16.7 Å². The Kier molecular flexibility index (Phi) is 5.04. The van der Waals surface area contributed by atoms with E-state index in [-0.39, 0.29) is 12.2 Å². The van der Waals surface area contributed by atoms with Crippen LogP contribution in [-0.4, -0.2) is 13.3 Å². The molecule has 0 N–H and O–H groups in total. The van der Waals surface area contributed by atoms with E-state index in [1.54, 1.807) is 31.4 Å². The van der Waals surface area contributed by atoms with Gasteiger partial charge in [0, 0.05) is 5.56 Å². The number of rotatable bonds is 5. The number of benzene rings is 2. The average molecular weight is 309 g/mol. The molecular weight excluding hydrogens is 295 g/mol. The minimum atomic E-state index is -4.42. The van der Waals surface area contributed by atoms with E-state index < -0.39 is 11.7 Å². The molecule has 0 aliphatic rings. The molecule has 0 amide bonds.